The molecule has 1 aliphatic carbocycles. The second-order valence-electron chi connectivity index (χ2n) is 5.54. The smallest absolute Gasteiger partial charge is 0.251 e. The van der Waals surface area contributed by atoms with Crippen molar-refractivity contribution in [3.05, 3.63) is 69.7 Å². The molecule has 1 atom stereocenters. The van der Waals surface area contributed by atoms with E-state index in [2.05, 4.69) is 45.5 Å². The Balaban J connectivity index is 1.70. The van der Waals surface area contributed by atoms with Crippen molar-refractivity contribution in [3.8, 4) is 0 Å². The molecule has 3 heteroatoms. The summed E-state index contributed by atoms with van der Waals surface area (Å²) in [7, 11) is 0. The van der Waals surface area contributed by atoms with Crippen LogP contribution >= 0.6 is 15.9 Å². The molecule has 2 aromatic carbocycles. The van der Waals surface area contributed by atoms with Gasteiger partial charge in [0.1, 0.15) is 0 Å². The molecule has 1 unspecified atom stereocenters. The Hall–Kier alpha value is -1.61. The molecule has 0 bridgehead atoms. The number of nitrogens with one attached hydrogen (secondary N) is 1. The van der Waals surface area contributed by atoms with Gasteiger partial charge in [-0.05, 0) is 61.1 Å². The quantitative estimate of drug-likeness (QED) is 0.816. The Bertz CT molecular complexity index is 636. The van der Waals surface area contributed by atoms with E-state index in [4.69, 9.17) is 0 Å². The van der Waals surface area contributed by atoms with Crippen LogP contribution in [0.4, 0.5) is 0 Å². The van der Waals surface area contributed by atoms with Crippen LogP contribution in [0, 0.1) is 0 Å². The predicted octanol–water partition coefficient (Wildman–Crippen LogP) is 4.13. The zero-order valence-corrected chi connectivity index (χ0v) is 13.4. The minimum Gasteiger partial charge on any atom is -0.349 e. The van der Waals surface area contributed by atoms with Gasteiger partial charge < -0.3 is 5.32 Å². The van der Waals surface area contributed by atoms with Crippen LogP contribution in [0.15, 0.2) is 53.0 Å². The van der Waals surface area contributed by atoms with Crippen LogP contribution < -0.4 is 5.32 Å². The van der Waals surface area contributed by atoms with Gasteiger partial charge in [0, 0.05) is 16.1 Å². The summed E-state index contributed by atoms with van der Waals surface area (Å²) >= 11 is 3.39. The standard InChI is InChI=1S/C18H18BrNO/c19-16-10-8-14(9-11-16)18(21)20-17-7-3-6-13-4-1-2-5-15(13)12-17/h1-2,4-5,8-11,17H,3,6-7,12H2,(H,20,21). The summed E-state index contributed by atoms with van der Waals surface area (Å²) in [5.41, 5.74) is 3.52. The first-order valence-corrected chi connectivity index (χ1v) is 8.15. The first-order chi connectivity index (χ1) is 10.2. The third kappa shape index (κ3) is 3.53. The highest BCUT2D eigenvalue weighted by Crippen LogP contribution is 2.21. The highest BCUT2D eigenvalue weighted by molar-refractivity contribution is 9.10. The van der Waals surface area contributed by atoms with Gasteiger partial charge in [0.05, 0.1) is 0 Å². The summed E-state index contributed by atoms with van der Waals surface area (Å²) < 4.78 is 0.988. The topological polar surface area (TPSA) is 29.1 Å². The minimum absolute atomic E-state index is 0.0203. The van der Waals surface area contributed by atoms with Crippen molar-refractivity contribution in [2.24, 2.45) is 0 Å². The van der Waals surface area contributed by atoms with E-state index in [9.17, 15) is 4.79 Å². The lowest BCUT2D eigenvalue weighted by Crippen LogP contribution is -2.36. The fourth-order valence-corrected chi connectivity index (χ4v) is 3.16. The molecule has 0 fully saturated rings. The number of benzene rings is 2. The Morgan fingerprint density at radius 3 is 2.52 bits per heavy atom. The Kier molecular flexibility index (Phi) is 4.39. The van der Waals surface area contributed by atoms with E-state index >= 15 is 0 Å². The molecule has 3 rings (SSSR count). The number of fused-ring (bicyclic) bond motifs is 1. The number of hydrogen-bond donors (Lipinski definition) is 1. The molecule has 0 saturated heterocycles. The van der Waals surface area contributed by atoms with E-state index in [0.717, 1.165) is 35.7 Å². The molecule has 0 aliphatic heterocycles. The second-order valence-corrected chi connectivity index (χ2v) is 6.46. The van der Waals surface area contributed by atoms with Crippen LogP contribution in [-0.2, 0) is 12.8 Å². The molecule has 0 radical (unpaired) electrons. The summed E-state index contributed by atoms with van der Waals surface area (Å²) in [6, 6.07) is 16.3. The van der Waals surface area contributed by atoms with E-state index < -0.39 is 0 Å². The minimum atomic E-state index is 0.0203. The van der Waals surface area contributed by atoms with Crippen LogP contribution in [0.5, 0.6) is 0 Å². The van der Waals surface area contributed by atoms with Crippen LogP contribution in [-0.4, -0.2) is 11.9 Å². The van der Waals surface area contributed by atoms with Gasteiger partial charge in [-0.3, -0.25) is 4.79 Å². The van der Waals surface area contributed by atoms with E-state index in [0.29, 0.717) is 0 Å². The summed E-state index contributed by atoms with van der Waals surface area (Å²) in [6.45, 7) is 0. The molecular formula is C18H18BrNO. The number of carbonyl (C=O) groups is 1. The van der Waals surface area contributed by atoms with E-state index in [-0.39, 0.29) is 11.9 Å². The van der Waals surface area contributed by atoms with Crippen molar-refractivity contribution in [1.82, 2.24) is 5.32 Å². The maximum atomic E-state index is 12.3. The van der Waals surface area contributed by atoms with Crippen molar-refractivity contribution in [2.75, 3.05) is 0 Å². The summed E-state index contributed by atoms with van der Waals surface area (Å²) in [6.07, 6.45) is 4.21. The first kappa shape index (κ1) is 14.3. The molecule has 1 amide bonds. The Morgan fingerprint density at radius 2 is 1.76 bits per heavy atom. The largest absolute Gasteiger partial charge is 0.349 e. The lowest BCUT2D eigenvalue weighted by Gasteiger charge is -2.17. The van der Waals surface area contributed by atoms with Gasteiger partial charge in [0.2, 0.25) is 0 Å². The van der Waals surface area contributed by atoms with Crippen LogP contribution in [0.2, 0.25) is 0 Å². The first-order valence-electron chi connectivity index (χ1n) is 7.35. The maximum absolute atomic E-state index is 12.3. The monoisotopic (exact) mass is 343 g/mol. The van der Waals surface area contributed by atoms with Gasteiger partial charge in [-0.25, -0.2) is 0 Å². The Morgan fingerprint density at radius 1 is 1.05 bits per heavy atom. The second kappa shape index (κ2) is 6.44. The third-order valence-corrected chi connectivity index (χ3v) is 4.55. The van der Waals surface area contributed by atoms with Crippen LogP contribution in [0.1, 0.15) is 34.3 Å². The van der Waals surface area contributed by atoms with E-state index in [1.54, 1.807) is 0 Å². The summed E-state index contributed by atoms with van der Waals surface area (Å²) in [5, 5.41) is 3.18. The zero-order chi connectivity index (χ0) is 14.7. The van der Waals surface area contributed by atoms with Gasteiger partial charge in [-0.1, -0.05) is 40.2 Å². The molecule has 1 N–H and O–H groups in total. The van der Waals surface area contributed by atoms with E-state index in [1.165, 1.54) is 11.1 Å². The number of hydrogen-bond acceptors (Lipinski definition) is 1. The SMILES string of the molecule is O=C(NC1CCCc2ccccc2C1)c1ccc(Br)cc1. The maximum Gasteiger partial charge on any atom is 0.251 e. The van der Waals surface area contributed by atoms with Crippen molar-refractivity contribution in [2.45, 2.75) is 31.7 Å². The molecule has 0 spiro atoms. The molecule has 21 heavy (non-hydrogen) atoms. The number of carbonyl (C=O) groups excluding carboxylic acids is 1. The number of halogens is 1. The molecule has 1 aliphatic rings. The summed E-state index contributed by atoms with van der Waals surface area (Å²) in [5.74, 6) is 0.0203. The van der Waals surface area contributed by atoms with Gasteiger partial charge in [0.15, 0.2) is 0 Å². The average molecular weight is 344 g/mol. The van der Waals surface area contributed by atoms with Gasteiger partial charge in [0.25, 0.3) is 5.91 Å². The van der Waals surface area contributed by atoms with Crippen molar-refractivity contribution < 1.29 is 4.79 Å². The van der Waals surface area contributed by atoms with Gasteiger partial charge in [-0.2, -0.15) is 0 Å². The molecule has 0 heterocycles. The third-order valence-electron chi connectivity index (χ3n) is 4.03. The lowest BCUT2D eigenvalue weighted by molar-refractivity contribution is 0.0935. The highest BCUT2D eigenvalue weighted by Gasteiger charge is 2.18. The lowest BCUT2D eigenvalue weighted by atomic mass is 10.0. The fourth-order valence-electron chi connectivity index (χ4n) is 2.90. The predicted molar refractivity (Wildman–Crippen MR) is 88.5 cm³/mol. The van der Waals surface area contributed by atoms with Crippen molar-refractivity contribution >= 4 is 21.8 Å². The van der Waals surface area contributed by atoms with Gasteiger partial charge in [-0.15, -0.1) is 0 Å². The van der Waals surface area contributed by atoms with Gasteiger partial charge >= 0.3 is 0 Å². The van der Waals surface area contributed by atoms with Crippen LogP contribution in [0.3, 0.4) is 0 Å². The van der Waals surface area contributed by atoms with E-state index in [1.807, 2.05) is 24.3 Å². The normalized spacial score (nSPS) is 17.7. The molecular weight excluding hydrogens is 326 g/mol. The van der Waals surface area contributed by atoms with Crippen molar-refractivity contribution in [1.29, 1.82) is 0 Å². The molecule has 0 aromatic heterocycles. The molecule has 0 saturated carbocycles. The molecule has 108 valence electrons. The Labute approximate surface area is 133 Å². The average Bonchev–Trinajstić information content (AvgIpc) is 2.69. The van der Waals surface area contributed by atoms with Crippen LogP contribution in [0.25, 0.3) is 0 Å². The fraction of sp³-hybridized carbons (Fsp3) is 0.278. The molecule has 2 aromatic rings. The van der Waals surface area contributed by atoms with Crippen molar-refractivity contribution in [3.63, 3.8) is 0 Å². The zero-order valence-electron chi connectivity index (χ0n) is 11.8. The molecule has 2 nitrogen and oxygen atoms in total. The number of aryl methyl sites for hydroxylation is 1. The highest BCUT2D eigenvalue weighted by atomic mass is 79.9. The number of rotatable bonds is 2. The number of amides is 1. The summed E-state index contributed by atoms with van der Waals surface area (Å²) in [4.78, 5) is 12.3.